The summed E-state index contributed by atoms with van der Waals surface area (Å²) in [5.41, 5.74) is 2.47. The molecule has 1 unspecified atom stereocenters. The summed E-state index contributed by atoms with van der Waals surface area (Å²) < 4.78 is 21.1. The number of benzene rings is 3. The molecular formula is C35H42N4O8. The summed E-state index contributed by atoms with van der Waals surface area (Å²) in [5.74, 6) is -1.12. The van der Waals surface area contributed by atoms with Crippen LogP contribution in [-0.4, -0.2) is 49.9 Å². The van der Waals surface area contributed by atoms with Crippen LogP contribution in [0.25, 0.3) is 0 Å². The Morgan fingerprint density at radius 3 is 1.74 bits per heavy atom. The number of ether oxygens (including phenoxy) is 4. The number of aliphatic imine (C=N–C) groups is 1. The maximum Gasteiger partial charge on any atom is 0.414 e. The zero-order chi connectivity index (χ0) is 33.7. The van der Waals surface area contributed by atoms with Crippen LogP contribution in [0, 0.1) is 0 Å². The predicted molar refractivity (Wildman–Crippen MR) is 175 cm³/mol. The Morgan fingerprint density at radius 2 is 1.21 bits per heavy atom. The van der Waals surface area contributed by atoms with Crippen molar-refractivity contribution in [2.24, 2.45) is 4.99 Å². The third-order valence-electron chi connectivity index (χ3n) is 6.76. The van der Waals surface area contributed by atoms with Gasteiger partial charge in [-0.25, -0.2) is 14.4 Å². The number of nitrogens with zero attached hydrogens (tertiary/aromatic N) is 1. The molecule has 0 heterocycles. The monoisotopic (exact) mass is 646 g/mol. The van der Waals surface area contributed by atoms with Gasteiger partial charge in [0.2, 0.25) is 18.1 Å². The normalized spacial score (nSPS) is 11.7. The third-order valence-corrected chi connectivity index (χ3v) is 6.76. The van der Waals surface area contributed by atoms with Gasteiger partial charge in [0.15, 0.2) is 0 Å². The number of rotatable bonds is 16. The number of carbonyl (C=O) groups excluding carboxylic acids is 4. The Morgan fingerprint density at radius 1 is 0.702 bits per heavy atom. The van der Waals surface area contributed by atoms with E-state index in [1.54, 1.807) is 6.92 Å². The van der Waals surface area contributed by atoms with Gasteiger partial charge in [0.25, 0.3) is 0 Å². The van der Waals surface area contributed by atoms with E-state index in [-0.39, 0.29) is 38.0 Å². The largest absolute Gasteiger partial charge is 0.466 e. The number of hydrogen-bond acceptors (Lipinski definition) is 9. The van der Waals surface area contributed by atoms with Crippen molar-refractivity contribution < 1.29 is 38.1 Å². The smallest absolute Gasteiger partial charge is 0.414 e. The van der Waals surface area contributed by atoms with Gasteiger partial charge in [0, 0.05) is 13.0 Å². The highest BCUT2D eigenvalue weighted by molar-refractivity contribution is 6.01. The summed E-state index contributed by atoms with van der Waals surface area (Å²) in [6, 6.07) is 27.7. The molecule has 0 bridgehead atoms. The Kier molecular flexibility index (Phi) is 16.0. The first-order chi connectivity index (χ1) is 22.8. The summed E-state index contributed by atoms with van der Waals surface area (Å²) in [4.78, 5) is 53.9. The quantitative estimate of drug-likeness (QED) is 0.0458. The first kappa shape index (κ1) is 36.2. The average Bonchev–Trinajstić information content (AvgIpc) is 3.10. The molecule has 2 atom stereocenters. The van der Waals surface area contributed by atoms with Crippen LogP contribution in [0.2, 0.25) is 0 Å². The van der Waals surface area contributed by atoms with Crippen molar-refractivity contribution in [3.05, 3.63) is 108 Å². The van der Waals surface area contributed by atoms with E-state index in [0.29, 0.717) is 19.3 Å². The van der Waals surface area contributed by atoms with Gasteiger partial charge in [-0.05, 0) is 36.5 Å². The molecule has 3 N–H and O–H groups in total. The van der Waals surface area contributed by atoms with Gasteiger partial charge >= 0.3 is 18.2 Å². The van der Waals surface area contributed by atoms with Gasteiger partial charge in [0.05, 0.1) is 13.2 Å². The molecule has 12 nitrogen and oxygen atoms in total. The molecule has 3 aromatic carbocycles. The minimum absolute atomic E-state index is 0.0462. The topological polar surface area (TPSA) is 154 Å². The standard InChI is InChI=1S/C35H42N4O8/c1-26(29-20-12-7-13-21-29)47-31(32(41)44-2)37-30(40)22-14-3-4-15-23-36-33(38-34(42)45-24-27-16-8-5-9-17-27)39-35(43)46-25-28-18-10-6-11-19-28/h5-13,16-21,26,31H,3-4,14-15,22-25H2,1-2H3,(H,37,40)(H2,36,38,39,42,43)/t26-,31?/m1/s1. The van der Waals surface area contributed by atoms with Crippen LogP contribution < -0.4 is 16.0 Å². The molecule has 3 amide bonds. The number of esters is 1. The molecule has 0 radical (unpaired) electrons. The van der Waals surface area contributed by atoms with Crippen molar-refractivity contribution in [3.8, 4) is 0 Å². The molecule has 0 saturated heterocycles. The van der Waals surface area contributed by atoms with Gasteiger partial charge in [-0.2, -0.15) is 0 Å². The maximum atomic E-state index is 12.5. The molecule has 0 fully saturated rings. The Bertz CT molecular complexity index is 1360. The Balaban J connectivity index is 1.42. The van der Waals surface area contributed by atoms with E-state index >= 15 is 0 Å². The van der Waals surface area contributed by atoms with Crippen molar-refractivity contribution in [1.82, 2.24) is 16.0 Å². The van der Waals surface area contributed by atoms with E-state index in [0.717, 1.165) is 23.1 Å². The van der Waals surface area contributed by atoms with E-state index in [4.69, 9.17) is 18.9 Å². The lowest BCUT2D eigenvalue weighted by Crippen LogP contribution is -2.44. The minimum atomic E-state index is -1.23. The molecule has 3 aromatic rings. The summed E-state index contributed by atoms with van der Waals surface area (Å²) in [5, 5.41) is 7.53. The van der Waals surface area contributed by atoms with Crippen molar-refractivity contribution in [2.75, 3.05) is 13.7 Å². The maximum absolute atomic E-state index is 12.5. The molecule has 12 heteroatoms. The first-order valence-corrected chi connectivity index (χ1v) is 15.4. The lowest BCUT2D eigenvalue weighted by molar-refractivity contribution is -0.163. The second-order valence-corrected chi connectivity index (χ2v) is 10.4. The molecule has 0 aliphatic heterocycles. The van der Waals surface area contributed by atoms with Gasteiger partial charge in [0.1, 0.15) is 13.2 Å². The molecule has 0 aliphatic rings. The molecule has 0 saturated carbocycles. The number of nitrogens with one attached hydrogen (secondary N) is 3. The molecular weight excluding hydrogens is 604 g/mol. The second-order valence-electron chi connectivity index (χ2n) is 10.4. The minimum Gasteiger partial charge on any atom is -0.466 e. The average molecular weight is 647 g/mol. The van der Waals surface area contributed by atoms with Crippen molar-refractivity contribution in [3.63, 3.8) is 0 Å². The molecule has 0 spiro atoms. The SMILES string of the molecule is COC(=O)C(NC(=O)CCCCCCN=C(NC(=O)OCc1ccccc1)NC(=O)OCc1ccccc1)O[C@H](C)c1ccccc1. The number of methoxy groups -OCH3 is 1. The number of unbranched alkanes of at least 4 members (excludes halogenated alkanes) is 3. The van der Waals surface area contributed by atoms with Crippen molar-refractivity contribution in [2.45, 2.75) is 64.6 Å². The van der Waals surface area contributed by atoms with Crippen molar-refractivity contribution in [1.29, 1.82) is 0 Å². The molecule has 0 aromatic heterocycles. The van der Waals surface area contributed by atoms with E-state index in [1.807, 2.05) is 91.0 Å². The second kappa shape index (κ2) is 20.7. The molecule has 250 valence electrons. The van der Waals surface area contributed by atoms with E-state index in [2.05, 4.69) is 20.9 Å². The van der Waals surface area contributed by atoms with Crippen LogP contribution in [0.3, 0.4) is 0 Å². The first-order valence-electron chi connectivity index (χ1n) is 15.4. The molecule has 3 rings (SSSR count). The van der Waals surface area contributed by atoms with Crippen LogP contribution in [-0.2, 0) is 41.8 Å². The van der Waals surface area contributed by atoms with Crippen LogP contribution >= 0.6 is 0 Å². The molecule has 0 aliphatic carbocycles. The van der Waals surface area contributed by atoms with Crippen LogP contribution in [0.1, 0.15) is 61.8 Å². The summed E-state index contributed by atoms with van der Waals surface area (Å²) in [6.07, 6.45) is -0.420. The van der Waals surface area contributed by atoms with Crippen LogP contribution in [0.4, 0.5) is 9.59 Å². The Hall–Kier alpha value is -5.23. The predicted octanol–water partition coefficient (Wildman–Crippen LogP) is 5.54. The van der Waals surface area contributed by atoms with E-state index in [9.17, 15) is 19.2 Å². The van der Waals surface area contributed by atoms with Crippen LogP contribution in [0.15, 0.2) is 96.0 Å². The van der Waals surface area contributed by atoms with E-state index in [1.165, 1.54) is 7.11 Å². The highest BCUT2D eigenvalue weighted by Gasteiger charge is 2.25. The lowest BCUT2D eigenvalue weighted by Gasteiger charge is -2.21. The number of carbonyl (C=O) groups is 4. The van der Waals surface area contributed by atoms with Gasteiger partial charge < -0.3 is 24.3 Å². The fourth-order valence-electron chi connectivity index (χ4n) is 4.24. The van der Waals surface area contributed by atoms with Gasteiger partial charge in [-0.15, -0.1) is 0 Å². The summed E-state index contributed by atoms with van der Waals surface area (Å²) in [7, 11) is 1.23. The summed E-state index contributed by atoms with van der Waals surface area (Å²) >= 11 is 0. The zero-order valence-corrected chi connectivity index (χ0v) is 26.7. The fraction of sp³-hybridized carbons (Fsp3) is 0.343. The van der Waals surface area contributed by atoms with Gasteiger partial charge in [-0.3, -0.25) is 20.4 Å². The Labute approximate surface area is 274 Å². The lowest BCUT2D eigenvalue weighted by atomic mass is 10.1. The number of alkyl carbamates (subject to hydrolysis) is 2. The summed E-state index contributed by atoms with van der Waals surface area (Å²) in [6.45, 7) is 2.17. The zero-order valence-electron chi connectivity index (χ0n) is 26.7. The van der Waals surface area contributed by atoms with E-state index < -0.39 is 30.5 Å². The number of amides is 3. The third kappa shape index (κ3) is 14.6. The molecule has 47 heavy (non-hydrogen) atoms. The van der Waals surface area contributed by atoms with Crippen molar-refractivity contribution >= 4 is 30.0 Å². The number of hydrogen-bond donors (Lipinski definition) is 3. The highest BCUT2D eigenvalue weighted by atomic mass is 16.6. The highest BCUT2D eigenvalue weighted by Crippen LogP contribution is 2.18. The van der Waals surface area contributed by atoms with Crippen LogP contribution in [0.5, 0.6) is 0 Å². The fourth-order valence-corrected chi connectivity index (χ4v) is 4.24. The van der Waals surface area contributed by atoms with Gasteiger partial charge in [-0.1, -0.05) is 104 Å². The number of guanidine groups is 1.